The average molecular weight is 145 g/mol. The van der Waals surface area contributed by atoms with Gasteiger partial charge in [0.25, 0.3) is 0 Å². The van der Waals surface area contributed by atoms with E-state index in [4.69, 9.17) is 15.3 Å². The molecule has 0 saturated carbocycles. The van der Waals surface area contributed by atoms with E-state index in [1.165, 1.54) is 0 Å². The Hall–Kier alpha value is 0.706. The molecule has 0 unspecified atom stereocenters. The second-order valence-electron chi connectivity index (χ2n) is 0.224. The van der Waals surface area contributed by atoms with E-state index in [0.717, 1.165) is 0 Å². The van der Waals surface area contributed by atoms with Crippen LogP contribution in [0.3, 0.4) is 0 Å². The molecule has 0 atom stereocenters. The van der Waals surface area contributed by atoms with Crippen molar-refractivity contribution in [3.63, 3.8) is 0 Å². The van der Waals surface area contributed by atoms with Gasteiger partial charge in [0.05, 0.1) is 5.09 Å². The van der Waals surface area contributed by atoms with Gasteiger partial charge in [-0.3, -0.25) is 0 Å². The van der Waals surface area contributed by atoms with Gasteiger partial charge in [-0.05, 0) is 0 Å². The Kier molecular flexibility index (Phi) is 24.4. The van der Waals surface area contributed by atoms with E-state index in [9.17, 15) is 0 Å². The van der Waals surface area contributed by atoms with Gasteiger partial charge in [-0.15, -0.1) is 0 Å². The predicted octanol–water partition coefficient (Wildman–Crippen LogP) is -0.890. The van der Waals surface area contributed by atoms with Crippen molar-refractivity contribution in [1.82, 2.24) is 0 Å². The molecule has 0 bridgehead atoms. The average Bonchev–Trinajstić information content (AvgIpc) is 0.811. The maximum atomic E-state index is 8.25. The number of rotatable bonds is 0. The molecule has 0 spiro atoms. The molecule has 0 fully saturated rings. The van der Waals surface area contributed by atoms with Crippen LogP contribution in [-0.2, 0) is 16.8 Å². The monoisotopic (exact) mass is 145 g/mol. The van der Waals surface area contributed by atoms with Crippen LogP contribution in [0.1, 0.15) is 0 Å². The standard InChI is InChI=1S/Co.NO3.Na.H/c;2-1(3)4;;/q;-1;;. The van der Waals surface area contributed by atoms with Gasteiger partial charge in [-0.2, -0.15) is 0 Å². The third kappa shape index (κ3) is 130. The minimum absolute atomic E-state index is 0. The van der Waals surface area contributed by atoms with Crippen LogP contribution >= 0.6 is 0 Å². The normalized spacial score (nSPS) is 4.00. The first-order valence-corrected chi connectivity index (χ1v) is 0.548. The second-order valence-corrected chi connectivity index (χ2v) is 0.224. The molecule has 0 aromatic heterocycles. The first kappa shape index (κ1) is 15.9. The van der Waals surface area contributed by atoms with E-state index >= 15 is 0 Å². The Morgan fingerprint density at radius 1 is 1.33 bits per heavy atom. The summed E-state index contributed by atoms with van der Waals surface area (Å²) in [6.07, 6.45) is 0. The van der Waals surface area contributed by atoms with Crippen LogP contribution in [0.4, 0.5) is 0 Å². The number of hydrogen-bond acceptors (Lipinski definition) is 3. The summed E-state index contributed by atoms with van der Waals surface area (Å²) in [7, 11) is 0. The summed E-state index contributed by atoms with van der Waals surface area (Å²) in [5, 5.41) is 14.8. The van der Waals surface area contributed by atoms with Gasteiger partial charge in [-0.1, -0.05) is 0 Å². The first-order valence-electron chi connectivity index (χ1n) is 0.548. The molecule has 0 aromatic carbocycles. The zero-order valence-corrected chi connectivity index (χ0v) is 3.05. The molecule has 0 rings (SSSR count). The number of nitrogens with zero attached hydrogens (tertiary/aromatic N) is 1. The van der Waals surface area contributed by atoms with Gasteiger partial charge in [0.2, 0.25) is 0 Å². The van der Waals surface area contributed by atoms with Crippen LogP contribution in [0, 0.1) is 15.3 Å². The van der Waals surface area contributed by atoms with Gasteiger partial charge < -0.3 is 15.3 Å². The SMILES string of the molecule is O=[N+]([O-])[O-].[Co].[NaH]. The Morgan fingerprint density at radius 2 is 1.33 bits per heavy atom. The zero-order chi connectivity index (χ0) is 3.58. The van der Waals surface area contributed by atoms with Gasteiger partial charge in [0.1, 0.15) is 0 Å². The summed E-state index contributed by atoms with van der Waals surface area (Å²) >= 11 is 0. The summed E-state index contributed by atoms with van der Waals surface area (Å²) < 4.78 is 0. The molecule has 4 nitrogen and oxygen atoms in total. The molecule has 0 saturated heterocycles. The van der Waals surface area contributed by atoms with Gasteiger partial charge >= 0.3 is 29.6 Å². The summed E-state index contributed by atoms with van der Waals surface area (Å²) in [5.41, 5.74) is 0. The molecule has 0 heterocycles. The fraction of sp³-hybridized carbons (Fsp3) is 0. The molecular formula is HCoNNaO3-. The van der Waals surface area contributed by atoms with Crippen molar-refractivity contribution in [2.24, 2.45) is 0 Å². The first-order chi connectivity index (χ1) is 1.73. The Labute approximate surface area is 66.5 Å². The Bertz CT molecular complexity index is 33.8. The van der Waals surface area contributed by atoms with Crippen molar-refractivity contribution >= 4 is 29.6 Å². The van der Waals surface area contributed by atoms with Gasteiger partial charge in [0, 0.05) is 16.8 Å². The molecule has 0 aliphatic heterocycles. The van der Waals surface area contributed by atoms with Crippen LogP contribution in [0.2, 0.25) is 0 Å². The van der Waals surface area contributed by atoms with Crippen molar-refractivity contribution in [2.75, 3.05) is 0 Å². The van der Waals surface area contributed by atoms with Crippen molar-refractivity contribution in [2.45, 2.75) is 0 Å². The molecule has 0 aromatic rings. The molecule has 0 amide bonds. The van der Waals surface area contributed by atoms with Gasteiger partial charge in [-0.25, -0.2) is 0 Å². The molecule has 0 aliphatic carbocycles. The quantitative estimate of drug-likeness (QED) is 0.252. The Morgan fingerprint density at radius 3 is 1.33 bits per heavy atom. The molecule has 35 valence electrons. The fourth-order valence-corrected chi connectivity index (χ4v) is 0. The van der Waals surface area contributed by atoms with Crippen molar-refractivity contribution in [3.05, 3.63) is 15.3 Å². The predicted molar refractivity (Wildman–Crippen MR) is 17.5 cm³/mol. The van der Waals surface area contributed by atoms with Crippen molar-refractivity contribution in [3.8, 4) is 0 Å². The maximum absolute atomic E-state index is 8.25. The minimum atomic E-state index is -1.75. The van der Waals surface area contributed by atoms with E-state index in [0.29, 0.717) is 0 Å². The summed E-state index contributed by atoms with van der Waals surface area (Å²) in [4.78, 5) is 8.25. The third-order valence-electron chi connectivity index (χ3n) is 0. The number of hydrogen-bond donors (Lipinski definition) is 0. The molecular weight excluding hydrogens is 144 g/mol. The third-order valence-corrected chi connectivity index (χ3v) is 0. The van der Waals surface area contributed by atoms with E-state index in [2.05, 4.69) is 0 Å². The summed E-state index contributed by atoms with van der Waals surface area (Å²) in [6, 6.07) is 0. The van der Waals surface area contributed by atoms with Crippen LogP contribution in [0.5, 0.6) is 0 Å². The van der Waals surface area contributed by atoms with Crippen LogP contribution in [0.15, 0.2) is 0 Å². The zero-order valence-electron chi connectivity index (χ0n) is 2.01. The van der Waals surface area contributed by atoms with Crippen molar-refractivity contribution in [1.29, 1.82) is 0 Å². The molecule has 6 heteroatoms. The van der Waals surface area contributed by atoms with Crippen LogP contribution < -0.4 is 0 Å². The topological polar surface area (TPSA) is 66.2 Å². The molecule has 6 heavy (non-hydrogen) atoms. The van der Waals surface area contributed by atoms with E-state index in [1.54, 1.807) is 0 Å². The second kappa shape index (κ2) is 9.20. The van der Waals surface area contributed by atoms with Crippen LogP contribution in [0.25, 0.3) is 0 Å². The van der Waals surface area contributed by atoms with Crippen molar-refractivity contribution < 1.29 is 21.9 Å². The fourth-order valence-electron chi connectivity index (χ4n) is 0. The van der Waals surface area contributed by atoms with Gasteiger partial charge in [0.15, 0.2) is 0 Å². The molecule has 0 aliphatic rings. The molecule has 1 radical (unpaired) electrons. The van der Waals surface area contributed by atoms with E-state index in [1.807, 2.05) is 0 Å². The van der Waals surface area contributed by atoms with E-state index in [-0.39, 0.29) is 46.3 Å². The van der Waals surface area contributed by atoms with Crippen LogP contribution in [-0.4, -0.2) is 34.6 Å². The molecule has 0 N–H and O–H groups in total. The summed E-state index contributed by atoms with van der Waals surface area (Å²) in [6.45, 7) is 0. The van der Waals surface area contributed by atoms with E-state index < -0.39 is 5.09 Å². The summed E-state index contributed by atoms with van der Waals surface area (Å²) in [5.74, 6) is 0. The Balaban J connectivity index is -0.0000000450.